The summed E-state index contributed by atoms with van der Waals surface area (Å²) in [6.07, 6.45) is 2.91. The molecule has 2 N–H and O–H groups in total. The number of nitrogens with zero attached hydrogens (tertiary/aromatic N) is 1. The number of hydrogen-bond acceptors (Lipinski definition) is 4. The van der Waals surface area contributed by atoms with E-state index in [0.29, 0.717) is 6.04 Å². The van der Waals surface area contributed by atoms with Gasteiger partial charge in [-0.05, 0) is 19.7 Å². The molecule has 0 aliphatic carbocycles. The van der Waals surface area contributed by atoms with Crippen LogP contribution in [0.2, 0.25) is 0 Å². The van der Waals surface area contributed by atoms with Gasteiger partial charge in [0.1, 0.15) is 0 Å². The average molecular weight is 204 g/mol. The van der Waals surface area contributed by atoms with Crippen LogP contribution in [-0.4, -0.2) is 60.8 Å². The lowest BCUT2D eigenvalue weighted by atomic mass is 10.2. The van der Waals surface area contributed by atoms with Gasteiger partial charge in [-0.3, -0.25) is 0 Å². The van der Waals surface area contributed by atoms with Crippen LogP contribution < -0.4 is 5.32 Å². The lowest BCUT2D eigenvalue weighted by Gasteiger charge is -2.20. The normalized spacial score (nSPS) is 28.6. The third kappa shape index (κ3) is 4.31. The van der Waals surface area contributed by atoms with Gasteiger partial charge >= 0.3 is 0 Å². The van der Waals surface area contributed by atoms with Crippen LogP contribution in [0, 0.1) is 0 Å². The fraction of sp³-hybridized carbons (Fsp3) is 1.00. The maximum Gasteiger partial charge on any atom is 0.0680 e. The van der Waals surface area contributed by atoms with Gasteiger partial charge < -0.3 is 15.3 Å². The van der Waals surface area contributed by atoms with Crippen molar-refractivity contribution in [3.8, 4) is 0 Å². The van der Waals surface area contributed by atoms with Crippen LogP contribution in [0.3, 0.4) is 0 Å². The van der Waals surface area contributed by atoms with Gasteiger partial charge in [-0.1, -0.05) is 0 Å². The number of hydrogen-bond donors (Lipinski definition) is 2. The highest BCUT2D eigenvalue weighted by molar-refractivity contribution is 7.98. The van der Waals surface area contributed by atoms with E-state index in [1.54, 1.807) is 0 Å². The van der Waals surface area contributed by atoms with Crippen LogP contribution in [0.25, 0.3) is 0 Å². The zero-order chi connectivity index (χ0) is 9.68. The van der Waals surface area contributed by atoms with Crippen molar-refractivity contribution < 1.29 is 5.11 Å². The van der Waals surface area contributed by atoms with Crippen LogP contribution >= 0.6 is 11.8 Å². The molecular formula is C9H20N2OS. The smallest absolute Gasteiger partial charge is 0.0680 e. The van der Waals surface area contributed by atoms with E-state index in [0.717, 1.165) is 26.1 Å². The Morgan fingerprint density at radius 3 is 2.92 bits per heavy atom. The maximum absolute atomic E-state index is 9.30. The highest BCUT2D eigenvalue weighted by Crippen LogP contribution is 2.07. The molecule has 1 fully saturated rings. The van der Waals surface area contributed by atoms with Crippen molar-refractivity contribution in [2.45, 2.75) is 18.6 Å². The Bertz CT molecular complexity index is 146. The molecule has 13 heavy (non-hydrogen) atoms. The molecule has 1 aliphatic rings. The number of β-amino-alcohol motifs (C(OH)–C–C–N with tert-alkyl or cyclic N) is 1. The molecular weight excluding hydrogens is 184 g/mol. The van der Waals surface area contributed by atoms with E-state index >= 15 is 0 Å². The predicted octanol–water partition coefficient (Wildman–Crippen LogP) is 0.00400. The Hall–Kier alpha value is 0.230. The second-order valence-corrected chi connectivity index (χ2v) is 4.74. The SMILES string of the molecule is CSCCN(C)CC1CC(O)CN1. The van der Waals surface area contributed by atoms with Crippen LogP contribution in [0.1, 0.15) is 6.42 Å². The van der Waals surface area contributed by atoms with E-state index in [4.69, 9.17) is 0 Å². The van der Waals surface area contributed by atoms with E-state index in [9.17, 15) is 5.11 Å². The van der Waals surface area contributed by atoms with Gasteiger partial charge in [0.05, 0.1) is 6.10 Å². The molecule has 0 bridgehead atoms. The summed E-state index contributed by atoms with van der Waals surface area (Å²) in [7, 11) is 2.14. The minimum Gasteiger partial charge on any atom is -0.392 e. The van der Waals surface area contributed by atoms with Crippen molar-refractivity contribution in [2.24, 2.45) is 0 Å². The second-order valence-electron chi connectivity index (χ2n) is 3.75. The van der Waals surface area contributed by atoms with Crippen molar-refractivity contribution >= 4 is 11.8 Å². The highest BCUT2D eigenvalue weighted by atomic mass is 32.2. The first-order valence-corrected chi connectivity index (χ1v) is 6.20. The quantitative estimate of drug-likeness (QED) is 0.661. The Morgan fingerprint density at radius 2 is 2.38 bits per heavy atom. The van der Waals surface area contributed by atoms with E-state index in [1.807, 2.05) is 11.8 Å². The number of rotatable bonds is 5. The molecule has 0 radical (unpaired) electrons. The van der Waals surface area contributed by atoms with Crippen LogP contribution in [0.4, 0.5) is 0 Å². The summed E-state index contributed by atoms with van der Waals surface area (Å²) in [5.41, 5.74) is 0. The van der Waals surface area contributed by atoms with Gasteiger partial charge in [0.2, 0.25) is 0 Å². The monoisotopic (exact) mass is 204 g/mol. The molecule has 0 aromatic rings. The van der Waals surface area contributed by atoms with Crippen molar-refractivity contribution in [1.82, 2.24) is 10.2 Å². The summed E-state index contributed by atoms with van der Waals surface area (Å²) < 4.78 is 0. The Labute approximate surface area is 84.9 Å². The van der Waals surface area contributed by atoms with E-state index in [1.165, 1.54) is 5.75 Å². The summed E-state index contributed by atoms with van der Waals surface area (Å²) >= 11 is 1.88. The van der Waals surface area contributed by atoms with Crippen molar-refractivity contribution in [3.63, 3.8) is 0 Å². The van der Waals surface area contributed by atoms with Gasteiger partial charge in [-0.25, -0.2) is 0 Å². The van der Waals surface area contributed by atoms with E-state index in [2.05, 4.69) is 23.5 Å². The largest absolute Gasteiger partial charge is 0.392 e. The first-order chi connectivity index (χ1) is 6.22. The lowest BCUT2D eigenvalue weighted by molar-refractivity contribution is 0.190. The lowest BCUT2D eigenvalue weighted by Crippen LogP contribution is -2.36. The predicted molar refractivity (Wildman–Crippen MR) is 58.3 cm³/mol. The van der Waals surface area contributed by atoms with E-state index in [-0.39, 0.29) is 6.10 Å². The number of aliphatic hydroxyl groups excluding tert-OH is 1. The van der Waals surface area contributed by atoms with Gasteiger partial charge in [-0.2, -0.15) is 11.8 Å². The van der Waals surface area contributed by atoms with Crippen LogP contribution in [0.15, 0.2) is 0 Å². The summed E-state index contributed by atoms with van der Waals surface area (Å²) in [5.74, 6) is 1.19. The second kappa shape index (κ2) is 5.86. The molecule has 3 nitrogen and oxygen atoms in total. The first kappa shape index (κ1) is 11.3. The summed E-state index contributed by atoms with van der Waals surface area (Å²) in [4.78, 5) is 2.33. The topological polar surface area (TPSA) is 35.5 Å². The molecule has 1 rings (SSSR count). The van der Waals surface area contributed by atoms with Crippen LogP contribution in [-0.2, 0) is 0 Å². The van der Waals surface area contributed by atoms with Crippen LogP contribution in [0.5, 0.6) is 0 Å². The van der Waals surface area contributed by atoms with Crippen molar-refractivity contribution in [1.29, 1.82) is 0 Å². The molecule has 4 heteroatoms. The Balaban J connectivity index is 2.09. The molecule has 1 heterocycles. The zero-order valence-electron chi connectivity index (χ0n) is 8.49. The fourth-order valence-corrected chi connectivity index (χ4v) is 2.15. The number of likely N-dealkylation sites (N-methyl/N-ethyl adjacent to an activating group) is 1. The molecule has 1 saturated heterocycles. The molecule has 0 spiro atoms. The molecule has 78 valence electrons. The molecule has 0 aromatic heterocycles. The average Bonchev–Trinajstić information content (AvgIpc) is 2.48. The molecule has 0 aromatic carbocycles. The van der Waals surface area contributed by atoms with Gasteiger partial charge in [-0.15, -0.1) is 0 Å². The molecule has 2 unspecified atom stereocenters. The third-order valence-electron chi connectivity index (χ3n) is 2.41. The van der Waals surface area contributed by atoms with Crippen molar-refractivity contribution in [3.05, 3.63) is 0 Å². The molecule has 0 saturated carbocycles. The Kier molecular flexibility index (Phi) is 5.09. The summed E-state index contributed by atoms with van der Waals surface area (Å²) in [6, 6.07) is 0.488. The molecule has 0 amide bonds. The maximum atomic E-state index is 9.30. The standard InChI is InChI=1S/C9H20N2OS/c1-11(3-4-13-2)7-8-5-9(12)6-10-8/h8-10,12H,3-7H2,1-2H3. The number of nitrogens with one attached hydrogen (secondary N) is 1. The third-order valence-corrected chi connectivity index (χ3v) is 3.00. The summed E-state index contributed by atoms with van der Waals surface area (Å²) in [5, 5.41) is 12.6. The number of thioether (sulfide) groups is 1. The minimum absolute atomic E-state index is 0.126. The molecule has 1 aliphatic heterocycles. The fourth-order valence-electron chi connectivity index (χ4n) is 1.65. The molecule has 2 atom stereocenters. The number of aliphatic hydroxyl groups is 1. The first-order valence-electron chi connectivity index (χ1n) is 4.81. The van der Waals surface area contributed by atoms with Crippen molar-refractivity contribution in [2.75, 3.05) is 38.7 Å². The highest BCUT2D eigenvalue weighted by Gasteiger charge is 2.22. The summed E-state index contributed by atoms with van der Waals surface area (Å²) in [6.45, 7) is 2.95. The van der Waals surface area contributed by atoms with Gasteiger partial charge in [0.25, 0.3) is 0 Å². The Morgan fingerprint density at radius 1 is 1.62 bits per heavy atom. The van der Waals surface area contributed by atoms with Gasteiger partial charge in [0.15, 0.2) is 0 Å². The van der Waals surface area contributed by atoms with E-state index < -0.39 is 0 Å². The van der Waals surface area contributed by atoms with Gasteiger partial charge in [0, 0.05) is 31.4 Å². The minimum atomic E-state index is -0.126. The zero-order valence-corrected chi connectivity index (χ0v) is 9.31.